The first-order chi connectivity index (χ1) is 10.7. The van der Waals surface area contributed by atoms with Crippen LogP contribution in [0.4, 0.5) is 10.1 Å². The molecule has 0 bridgehead atoms. The Morgan fingerprint density at radius 2 is 2.00 bits per heavy atom. The second-order valence-electron chi connectivity index (χ2n) is 5.13. The van der Waals surface area contributed by atoms with Gasteiger partial charge in [-0.1, -0.05) is 23.7 Å². The summed E-state index contributed by atoms with van der Waals surface area (Å²) in [5.74, 6) is -0.263. The Bertz CT molecular complexity index is 712. The Labute approximate surface area is 133 Å². The van der Waals surface area contributed by atoms with Crippen LogP contribution in [0.15, 0.2) is 42.5 Å². The molecule has 2 aromatic rings. The fourth-order valence-electron chi connectivity index (χ4n) is 2.62. The van der Waals surface area contributed by atoms with Crippen molar-refractivity contribution in [2.45, 2.75) is 6.10 Å². The van der Waals surface area contributed by atoms with E-state index in [1.54, 1.807) is 24.3 Å². The standard InChI is InChI=1S/C17H14ClFN2O/c18-14-3-6-16(13(9-14)10-20)21-7-8-22-17(11-21)12-1-4-15(19)5-2-12/h1-6,9,17H,7-8,11H2. The van der Waals surface area contributed by atoms with Crippen molar-refractivity contribution < 1.29 is 9.13 Å². The van der Waals surface area contributed by atoms with Gasteiger partial charge in [0, 0.05) is 18.1 Å². The van der Waals surface area contributed by atoms with Crippen LogP contribution < -0.4 is 4.90 Å². The van der Waals surface area contributed by atoms with Crippen molar-refractivity contribution in [3.8, 4) is 6.07 Å². The van der Waals surface area contributed by atoms with E-state index in [4.69, 9.17) is 16.3 Å². The molecular weight excluding hydrogens is 303 g/mol. The third-order valence-corrected chi connectivity index (χ3v) is 3.96. The lowest BCUT2D eigenvalue weighted by Gasteiger charge is -2.35. The van der Waals surface area contributed by atoms with Gasteiger partial charge in [-0.25, -0.2) is 4.39 Å². The minimum atomic E-state index is -0.263. The van der Waals surface area contributed by atoms with E-state index in [-0.39, 0.29) is 11.9 Å². The highest BCUT2D eigenvalue weighted by atomic mass is 35.5. The van der Waals surface area contributed by atoms with Crippen LogP contribution in [-0.4, -0.2) is 19.7 Å². The molecule has 0 spiro atoms. The first-order valence-electron chi connectivity index (χ1n) is 6.99. The van der Waals surface area contributed by atoms with Crippen molar-refractivity contribution in [2.75, 3.05) is 24.6 Å². The monoisotopic (exact) mass is 316 g/mol. The van der Waals surface area contributed by atoms with Gasteiger partial charge in [0.25, 0.3) is 0 Å². The van der Waals surface area contributed by atoms with Crippen molar-refractivity contribution >= 4 is 17.3 Å². The Morgan fingerprint density at radius 1 is 1.23 bits per heavy atom. The van der Waals surface area contributed by atoms with Crippen molar-refractivity contribution in [3.63, 3.8) is 0 Å². The van der Waals surface area contributed by atoms with Gasteiger partial charge in [-0.2, -0.15) is 5.26 Å². The molecule has 1 fully saturated rings. The smallest absolute Gasteiger partial charge is 0.123 e. The van der Waals surface area contributed by atoms with Gasteiger partial charge >= 0.3 is 0 Å². The van der Waals surface area contributed by atoms with E-state index in [9.17, 15) is 9.65 Å². The summed E-state index contributed by atoms with van der Waals surface area (Å²) >= 11 is 5.94. The molecule has 3 nitrogen and oxygen atoms in total. The van der Waals surface area contributed by atoms with Gasteiger partial charge in [0.1, 0.15) is 18.0 Å². The Kier molecular flexibility index (Phi) is 4.28. The fraction of sp³-hybridized carbons (Fsp3) is 0.235. The number of rotatable bonds is 2. The summed E-state index contributed by atoms with van der Waals surface area (Å²) in [6, 6.07) is 13.8. The zero-order valence-corrected chi connectivity index (χ0v) is 12.6. The molecule has 5 heteroatoms. The molecule has 1 saturated heterocycles. The number of ether oxygens (including phenoxy) is 1. The van der Waals surface area contributed by atoms with E-state index in [2.05, 4.69) is 11.0 Å². The van der Waals surface area contributed by atoms with Gasteiger partial charge < -0.3 is 9.64 Å². The van der Waals surface area contributed by atoms with Crippen LogP contribution in [-0.2, 0) is 4.74 Å². The van der Waals surface area contributed by atoms with Gasteiger partial charge in [0.15, 0.2) is 0 Å². The summed E-state index contributed by atoms with van der Waals surface area (Å²) in [7, 11) is 0. The van der Waals surface area contributed by atoms with Crippen molar-refractivity contribution in [3.05, 3.63) is 64.4 Å². The highest BCUT2D eigenvalue weighted by Gasteiger charge is 2.23. The molecule has 3 rings (SSSR count). The zero-order chi connectivity index (χ0) is 15.5. The maximum atomic E-state index is 13.0. The molecule has 1 atom stereocenters. The summed E-state index contributed by atoms with van der Waals surface area (Å²) in [5.41, 5.74) is 2.33. The van der Waals surface area contributed by atoms with Crippen molar-refractivity contribution in [1.29, 1.82) is 5.26 Å². The predicted octanol–water partition coefficient (Wildman–Crippen LogP) is 3.93. The normalized spacial score (nSPS) is 18.0. The lowest BCUT2D eigenvalue weighted by atomic mass is 10.1. The second kappa shape index (κ2) is 6.35. The SMILES string of the molecule is N#Cc1cc(Cl)ccc1N1CCOC(c2ccc(F)cc2)C1. The number of morpholine rings is 1. The lowest BCUT2D eigenvalue weighted by Crippen LogP contribution is -2.38. The number of nitriles is 1. The number of anilines is 1. The summed E-state index contributed by atoms with van der Waals surface area (Å²) in [6.45, 7) is 1.87. The number of nitrogens with zero attached hydrogens (tertiary/aromatic N) is 2. The topological polar surface area (TPSA) is 36.3 Å². The van der Waals surface area contributed by atoms with Crippen molar-refractivity contribution in [1.82, 2.24) is 0 Å². The first kappa shape index (κ1) is 14.8. The van der Waals surface area contributed by atoms with Crippen LogP contribution in [0.5, 0.6) is 0 Å². The van der Waals surface area contributed by atoms with Crippen LogP contribution in [0, 0.1) is 17.1 Å². The second-order valence-corrected chi connectivity index (χ2v) is 5.57. The molecule has 0 N–H and O–H groups in total. The van der Waals surface area contributed by atoms with Gasteiger partial charge in [-0.15, -0.1) is 0 Å². The minimum absolute atomic E-state index is 0.142. The largest absolute Gasteiger partial charge is 0.370 e. The number of benzene rings is 2. The highest BCUT2D eigenvalue weighted by molar-refractivity contribution is 6.30. The van der Waals surface area contributed by atoms with Crippen LogP contribution in [0.2, 0.25) is 5.02 Å². The Hall–Kier alpha value is -2.09. The summed E-state index contributed by atoms with van der Waals surface area (Å²) in [5, 5.41) is 9.82. The average Bonchev–Trinajstić information content (AvgIpc) is 2.55. The van der Waals surface area contributed by atoms with Crippen LogP contribution in [0.25, 0.3) is 0 Å². The predicted molar refractivity (Wildman–Crippen MR) is 83.5 cm³/mol. The van der Waals surface area contributed by atoms with E-state index in [1.807, 2.05) is 6.07 Å². The molecule has 1 unspecified atom stereocenters. The Morgan fingerprint density at radius 3 is 2.73 bits per heavy atom. The van der Waals surface area contributed by atoms with Crippen LogP contribution >= 0.6 is 11.6 Å². The molecule has 1 aliphatic rings. The minimum Gasteiger partial charge on any atom is -0.370 e. The fourth-order valence-corrected chi connectivity index (χ4v) is 2.79. The number of hydrogen-bond donors (Lipinski definition) is 0. The van der Waals surface area contributed by atoms with Gasteiger partial charge in [-0.05, 0) is 35.9 Å². The van der Waals surface area contributed by atoms with Gasteiger partial charge in [0.2, 0.25) is 0 Å². The average molecular weight is 317 g/mol. The first-order valence-corrected chi connectivity index (χ1v) is 7.37. The highest BCUT2D eigenvalue weighted by Crippen LogP contribution is 2.29. The molecule has 0 radical (unpaired) electrons. The lowest BCUT2D eigenvalue weighted by molar-refractivity contribution is 0.0397. The molecule has 1 aliphatic heterocycles. The molecule has 2 aromatic carbocycles. The summed E-state index contributed by atoms with van der Waals surface area (Å²) in [4.78, 5) is 2.10. The number of hydrogen-bond acceptors (Lipinski definition) is 3. The van der Waals surface area contributed by atoms with Crippen LogP contribution in [0.3, 0.4) is 0 Å². The van der Waals surface area contributed by atoms with Crippen LogP contribution in [0.1, 0.15) is 17.2 Å². The quantitative estimate of drug-likeness (QED) is 0.842. The third kappa shape index (κ3) is 3.06. The van der Waals surface area contributed by atoms with Gasteiger partial charge in [-0.3, -0.25) is 0 Å². The molecule has 0 saturated carbocycles. The van der Waals surface area contributed by atoms with E-state index in [0.29, 0.717) is 30.3 Å². The number of halogens is 2. The summed E-state index contributed by atoms with van der Waals surface area (Å²) in [6.07, 6.45) is -0.142. The maximum absolute atomic E-state index is 13.0. The zero-order valence-electron chi connectivity index (χ0n) is 11.8. The molecule has 112 valence electrons. The third-order valence-electron chi connectivity index (χ3n) is 3.73. The van der Waals surface area contributed by atoms with Gasteiger partial charge in [0.05, 0.1) is 17.9 Å². The molecule has 0 amide bonds. The van der Waals surface area contributed by atoms with Crippen molar-refractivity contribution in [2.24, 2.45) is 0 Å². The van der Waals surface area contributed by atoms with E-state index >= 15 is 0 Å². The molecule has 0 aromatic heterocycles. The maximum Gasteiger partial charge on any atom is 0.123 e. The molecule has 0 aliphatic carbocycles. The van der Waals surface area contributed by atoms with E-state index in [0.717, 1.165) is 11.3 Å². The molecule has 1 heterocycles. The van der Waals surface area contributed by atoms with E-state index in [1.165, 1.54) is 12.1 Å². The molecular formula is C17H14ClFN2O. The summed E-state index contributed by atoms with van der Waals surface area (Å²) < 4.78 is 18.8. The Balaban J connectivity index is 1.84. The van der Waals surface area contributed by atoms with E-state index < -0.39 is 0 Å². The molecule has 22 heavy (non-hydrogen) atoms.